The molecule has 3 aromatic carbocycles. The van der Waals surface area contributed by atoms with Crippen LogP contribution < -0.4 is 14.8 Å². The molecule has 2 amide bonds. The molecule has 232 valence electrons. The van der Waals surface area contributed by atoms with Crippen molar-refractivity contribution in [1.29, 1.82) is 0 Å². The minimum atomic E-state index is -4.83. The third kappa shape index (κ3) is 12.2. The number of nitrogens with one attached hydrogen (secondary N) is 1. The molecule has 9 nitrogen and oxygen atoms in total. The maximum Gasteiger partial charge on any atom is 0.573 e. The van der Waals surface area contributed by atoms with E-state index in [1.54, 1.807) is 43.3 Å². The molecule has 0 saturated carbocycles. The SMILES string of the molecule is CCOC(Cc1ccc(OCCN(CCOCc2ccc(F)cc2)C(=O)Nc2ccc(OC(F)(F)F)cc2)cc1)C(=O)O. The molecule has 3 aromatic rings. The van der Waals surface area contributed by atoms with Gasteiger partial charge in [-0.05, 0) is 66.6 Å². The van der Waals surface area contributed by atoms with Crippen LogP contribution in [-0.2, 0) is 27.3 Å². The van der Waals surface area contributed by atoms with Gasteiger partial charge in [-0.1, -0.05) is 24.3 Å². The van der Waals surface area contributed by atoms with E-state index in [-0.39, 0.29) is 57.4 Å². The van der Waals surface area contributed by atoms with Crippen LogP contribution >= 0.6 is 0 Å². The summed E-state index contributed by atoms with van der Waals surface area (Å²) in [5.74, 6) is -1.34. The molecular formula is C30H32F4N2O7. The summed E-state index contributed by atoms with van der Waals surface area (Å²) in [6.45, 7) is 2.72. The van der Waals surface area contributed by atoms with Crippen molar-refractivity contribution in [3.05, 3.63) is 89.7 Å². The molecule has 0 bridgehead atoms. The second-order valence-corrected chi connectivity index (χ2v) is 9.15. The van der Waals surface area contributed by atoms with Gasteiger partial charge in [0, 0.05) is 25.3 Å². The molecule has 0 heterocycles. The molecule has 0 radical (unpaired) electrons. The van der Waals surface area contributed by atoms with Gasteiger partial charge in [-0.2, -0.15) is 0 Å². The highest BCUT2D eigenvalue weighted by atomic mass is 19.4. The molecule has 43 heavy (non-hydrogen) atoms. The van der Waals surface area contributed by atoms with Gasteiger partial charge in [-0.3, -0.25) is 0 Å². The van der Waals surface area contributed by atoms with E-state index in [0.29, 0.717) is 5.75 Å². The van der Waals surface area contributed by atoms with E-state index in [0.717, 1.165) is 23.3 Å². The number of hydrogen-bond acceptors (Lipinski definition) is 6. The Balaban J connectivity index is 1.57. The number of amides is 2. The molecule has 0 spiro atoms. The maximum absolute atomic E-state index is 13.1. The van der Waals surface area contributed by atoms with Crippen LogP contribution in [0.5, 0.6) is 11.5 Å². The summed E-state index contributed by atoms with van der Waals surface area (Å²) >= 11 is 0. The first-order valence-corrected chi connectivity index (χ1v) is 13.3. The fourth-order valence-electron chi connectivity index (χ4n) is 3.83. The average molecular weight is 609 g/mol. The van der Waals surface area contributed by atoms with Gasteiger partial charge < -0.3 is 34.3 Å². The fourth-order valence-corrected chi connectivity index (χ4v) is 3.83. The highest BCUT2D eigenvalue weighted by Crippen LogP contribution is 2.24. The second-order valence-electron chi connectivity index (χ2n) is 9.15. The Labute approximate surface area is 245 Å². The van der Waals surface area contributed by atoms with Crippen molar-refractivity contribution in [2.24, 2.45) is 0 Å². The predicted octanol–water partition coefficient (Wildman–Crippen LogP) is 5.89. The lowest BCUT2D eigenvalue weighted by Crippen LogP contribution is -2.40. The number of halogens is 4. The summed E-state index contributed by atoms with van der Waals surface area (Å²) in [5, 5.41) is 11.9. The van der Waals surface area contributed by atoms with Crippen molar-refractivity contribution < 1.29 is 51.2 Å². The molecule has 0 aromatic heterocycles. The molecule has 13 heteroatoms. The Hall–Kier alpha value is -4.36. The number of nitrogens with zero attached hydrogens (tertiary/aromatic N) is 1. The number of carboxylic acids is 1. The van der Waals surface area contributed by atoms with Crippen LogP contribution in [0.3, 0.4) is 0 Å². The number of carbonyl (C=O) groups excluding carboxylic acids is 1. The van der Waals surface area contributed by atoms with Crippen molar-refractivity contribution in [3.8, 4) is 11.5 Å². The normalized spacial score (nSPS) is 11.9. The molecule has 1 unspecified atom stereocenters. The van der Waals surface area contributed by atoms with E-state index in [1.807, 2.05) is 0 Å². The molecule has 0 aliphatic heterocycles. The molecule has 1 atom stereocenters. The number of benzene rings is 3. The maximum atomic E-state index is 13.1. The zero-order valence-electron chi connectivity index (χ0n) is 23.3. The highest BCUT2D eigenvalue weighted by molar-refractivity contribution is 5.89. The van der Waals surface area contributed by atoms with E-state index < -0.39 is 30.2 Å². The van der Waals surface area contributed by atoms with Crippen molar-refractivity contribution in [1.82, 2.24) is 4.90 Å². The molecule has 0 aliphatic carbocycles. The van der Waals surface area contributed by atoms with Crippen LogP contribution in [-0.4, -0.2) is 67.4 Å². The first kappa shape index (κ1) is 33.1. The van der Waals surface area contributed by atoms with Crippen molar-refractivity contribution in [3.63, 3.8) is 0 Å². The molecule has 3 rings (SSSR count). The number of alkyl halides is 3. The van der Waals surface area contributed by atoms with E-state index >= 15 is 0 Å². The number of anilines is 1. The van der Waals surface area contributed by atoms with Crippen LogP contribution in [0.2, 0.25) is 0 Å². The van der Waals surface area contributed by atoms with Gasteiger partial charge >= 0.3 is 18.4 Å². The first-order valence-electron chi connectivity index (χ1n) is 13.3. The number of aliphatic carboxylic acids is 1. The van der Waals surface area contributed by atoms with Crippen LogP contribution in [0.4, 0.5) is 28.0 Å². The lowest BCUT2D eigenvalue weighted by atomic mass is 10.1. The number of rotatable bonds is 16. The van der Waals surface area contributed by atoms with Gasteiger partial charge in [0.15, 0.2) is 6.10 Å². The monoisotopic (exact) mass is 608 g/mol. The second kappa shape index (κ2) is 16.3. The van der Waals surface area contributed by atoms with E-state index in [1.165, 1.54) is 29.2 Å². The Bertz CT molecular complexity index is 1290. The van der Waals surface area contributed by atoms with Gasteiger partial charge in [0.05, 0.1) is 19.8 Å². The average Bonchev–Trinajstić information content (AvgIpc) is 2.96. The van der Waals surface area contributed by atoms with E-state index in [2.05, 4.69) is 10.1 Å². The zero-order chi connectivity index (χ0) is 31.2. The summed E-state index contributed by atoms with van der Waals surface area (Å²) in [4.78, 5) is 25.8. The standard InChI is InChI=1S/C30H32F4N2O7/c1-2-41-27(28(37)38)19-21-5-11-25(12-6-21)42-18-16-36(15-17-40-20-22-3-7-23(31)8-4-22)29(39)35-24-9-13-26(14-10-24)43-30(32,33)34/h3-14,27H,2,15-20H2,1H3,(H,35,39)(H,37,38). The van der Waals surface area contributed by atoms with Crippen molar-refractivity contribution in [2.75, 3.05) is 38.2 Å². The summed E-state index contributed by atoms with van der Waals surface area (Å²) in [6.07, 6.45) is -5.60. The number of carbonyl (C=O) groups is 2. The highest BCUT2D eigenvalue weighted by Gasteiger charge is 2.31. The Morgan fingerprint density at radius 3 is 2.09 bits per heavy atom. The number of urea groups is 1. The minimum Gasteiger partial charge on any atom is -0.492 e. The van der Waals surface area contributed by atoms with Crippen LogP contribution in [0.1, 0.15) is 18.1 Å². The Morgan fingerprint density at radius 1 is 0.884 bits per heavy atom. The Kier molecular flexibility index (Phi) is 12.6. The number of ether oxygens (including phenoxy) is 4. The Morgan fingerprint density at radius 2 is 1.49 bits per heavy atom. The molecule has 0 aliphatic rings. The summed E-state index contributed by atoms with van der Waals surface area (Å²) < 4.78 is 70.9. The summed E-state index contributed by atoms with van der Waals surface area (Å²) in [5.41, 5.74) is 1.75. The van der Waals surface area contributed by atoms with Crippen LogP contribution in [0, 0.1) is 5.82 Å². The van der Waals surface area contributed by atoms with Crippen molar-refractivity contribution >= 4 is 17.7 Å². The van der Waals surface area contributed by atoms with Gasteiger partial charge in [0.25, 0.3) is 0 Å². The lowest BCUT2D eigenvalue weighted by molar-refractivity contribution is -0.274. The van der Waals surface area contributed by atoms with Crippen LogP contribution in [0.25, 0.3) is 0 Å². The van der Waals surface area contributed by atoms with Crippen molar-refractivity contribution in [2.45, 2.75) is 32.4 Å². The lowest BCUT2D eigenvalue weighted by Gasteiger charge is -2.23. The molecular weight excluding hydrogens is 576 g/mol. The molecule has 2 N–H and O–H groups in total. The number of carboxylic acid groups (broad SMARTS) is 1. The third-order valence-corrected chi connectivity index (χ3v) is 5.93. The molecule has 0 saturated heterocycles. The topological polar surface area (TPSA) is 107 Å². The first-order chi connectivity index (χ1) is 20.5. The quantitative estimate of drug-likeness (QED) is 0.154. The van der Waals surface area contributed by atoms with Gasteiger partial charge in [-0.15, -0.1) is 13.2 Å². The summed E-state index contributed by atoms with van der Waals surface area (Å²) in [6, 6.07) is 16.8. The van der Waals surface area contributed by atoms with E-state index in [4.69, 9.17) is 14.2 Å². The van der Waals surface area contributed by atoms with Gasteiger partial charge in [0.1, 0.15) is 23.9 Å². The molecule has 0 fully saturated rings. The van der Waals surface area contributed by atoms with E-state index in [9.17, 15) is 32.3 Å². The largest absolute Gasteiger partial charge is 0.573 e. The van der Waals surface area contributed by atoms with Crippen LogP contribution in [0.15, 0.2) is 72.8 Å². The zero-order valence-corrected chi connectivity index (χ0v) is 23.3. The smallest absolute Gasteiger partial charge is 0.492 e. The summed E-state index contributed by atoms with van der Waals surface area (Å²) in [7, 11) is 0. The minimum absolute atomic E-state index is 0.0970. The fraction of sp³-hybridized carbons (Fsp3) is 0.333. The van der Waals surface area contributed by atoms with Gasteiger partial charge in [0.2, 0.25) is 0 Å². The van der Waals surface area contributed by atoms with Gasteiger partial charge in [-0.25, -0.2) is 14.0 Å². The predicted molar refractivity (Wildman–Crippen MR) is 148 cm³/mol. The number of hydrogen-bond donors (Lipinski definition) is 2. The third-order valence-electron chi connectivity index (χ3n) is 5.93.